The van der Waals surface area contributed by atoms with Crippen LogP contribution in [0, 0.1) is 6.92 Å². The number of amides is 4. The summed E-state index contributed by atoms with van der Waals surface area (Å²) in [5, 5.41) is 11.8. The van der Waals surface area contributed by atoms with Gasteiger partial charge in [0, 0.05) is 68.1 Å². The summed E-state index contributed by atoms with van der Waals surface area (Å²) < 4.78 is 1.09. The van der Waals surface area contributed by atoms with E-state index < -0.39 is 12.1 Å². The predicted octanol–water partition coefficient (Wildman–Crippen LogP) is 4.04. The third kappa shape index (κ3) is 8.58. The van der Waals surface area contributed by atoms with E-state index in [2.05, 4.69) is 51.1 Å². The highest BCUT2D eigenvalue weighted by molar-refractivity contribution is 9.10. The van der Waals surface area contributed by atoms with Crippen molar-refractivity contribution in [2.45, 2.75) is 63.7 Å². The number of urea groups is 1. The second-order valence-electron chi connectivity index (χ2n) is 13.0. The van der Waals surface area contributed by atoms with Crippen LogP contribution in [0.3, 0.4) is 0 Å². The van der Waals surface area contributed by atoms with Crippen molar-refractivity contribution in [3.05, 3.63) is 63.6 Å². The number of piperazine rings is 1. The Kier molecular flexibility index (Phi) is 11.6. The van der Waals surface area contributed by atoms with Crippen LogP contribution in [0.2, 0.25) is 0 Å². The molecule has 0 spiro atoms. The maximum absolute atomic E-state index is 12.7. The highest BCUT2D eigenvalue weighted by Gasteiger charge is 2.33. The quantitative estimate of drug-likeness (QED) is 0.431. The first-order chi connectivity index (χ1) is 22.1. The summed E-state index contributed by atoms with van der Waals surface area (Å²) in [6, 6.07) is 14.2. The zero-order chi connectivity index (χ0) is 32.8. The Morgan fingerprint density at radius 3 is 2.24 bits per heavy atom. The Balaban J connectivity index is 0.000000187. The van der Waals surface area contributed by atoms with Crippen LogP contribution in [0.15, 0.2) is 46.9 Å². The van der Waals surface area contributed by atoms with Crippen molar-refractivity contribution < 1.29 is 19.5 Å². The third-order valence-corrected chi connectivity index (χ3v) is 10.8. The number of anilines is 1. The minimum absolute atomic E-state index is 0.0857. The van der Waals surface area contributed by atoms with E-state index in [0.29, 0.717) is 44.9 Å². The Morgan fingerprint density at radius 1 is 0.935 bits per heavy atom. The number of hydrogen-bond acceptors (Lipinski definition) is 6. The Hall–Kier alpha value is -3.19. The second-order valence-corrected chi connectivity index (χ2v) is 13.9. The highest BCUT2D eigenvalue weighted by atomic mass is 79.9. The number of rotatable bonds is 5. The minimum Gasteiger partial charge on any atom is -0.465 e. The molecule has 4 aliphatic rings. The van der Waals surface area contributed by atoms with Crippen LogP contribution >= 0.6 is 15.9 Å². The van der Waals surface area contributed by atoms with Crippen LogP contribution in [0.4, 0.5) is 15.3 Å². The van der Waals surface area contributed by atoms with Gasteiger partial charge in [0.1, 0.15) is 0 Å². The Morgan fingerprint density at radius 2 is 1.59 bits per heavy atom. The number of carboxylic acid groups (broad SMARTS) is 1. The van der Waals surface area contributed by atoms with Gasteiger partial charge in [-0.25, -0.2) is 9.59 Å². The van der Waals surface area contributed by atoms with Crippen molar-refractivity contribution in [3.8, 4) is 0 Å². The smallest absolute Gasteiger partial charge is 0.407 e. The van der Waals surface area contributed by atoms with E-state index in [1.807, 2.05) is 46.2 Å². The molecule has 0 aliphatic carbocycles. The topological polar surface area (TPSA) is 126 Å². The van der Waals surface area contributed by atoms with E-state index >= 15 is 0 Å². The standard InChI is InChI=1S/C20H31BrN4O.C14H17N3O3/c1-15-13-16(3-4-18(15)21)14-19(22)20(26)25-11-9-24(10-12-25)17-5-7-23(2)8-6-17;18-13-15-12-4-2-1-3-10(12)9-17(13)11-5-7-16(8-6-11)14(19)20/h3-4,13,17,19H,5-12,14,22H2,1-2H3;1-4,11H,5-9H2,(H,15,18)(H,19,20). The number of fused-ring (bicyclic) bond motifs is 1. The first-order valence-corrected chi connectivity index (χ1v) is 17.2. The number of para-hydroxylation sites is 1. The van der Waals surface area contributed by atoms with Gasteiger partial charge in [0.2, 0.25) is 5.91 Å². The summed E-state index contributed by atoms with van der Waals surface area (Å²) in [5.74, 6) is 0.0913. The number of piperidine rings is 2. The molecule has 4 amide bonds. The van der Waals surface area contributed by atoms with Crippen LogP contribution in [-0.4, -0.2) is 125 Å². The number of nitrogens with two attached hydrogens (primary N) is 1. The van der Waals surface area contributed by atoms with Gasteiger partial charge in [-0.2, -0.15) is 0 Å². The largest absolute Gasteiger partial charge is 0.465 e. The first-order valence-electron chi connectivity index (χ1n) is 16.4. The monoisotopic (exact) mass is 697 g/mol. The van der Waals surface area contributed by atoms with E-state index in [-0.39, 0.29) is 18.0 Å². The maximum atomic E-state index is 12.7. The molecule has 1 unspecified atom stereocenters. The molecule has 3 saturated heterocycles. The lowest BCUT2D eigenvalue weighted by Gasteiger charge is -2.42. The van der Waals surface area contributed by atoms with Crippen LogP contribution in [-0.2, 0) is 17.8 Å². The van der Waals surface area contributed by atoms with Crippen LogP contribution in [0.25, 0.3) is 0 Å². The zero-order valence-electron chi connectivity index (χ0n) is 27.0. The Labute approximate surface area is 280 Å². The van der Waals surface area contributed by atoms with Gasteiger partial charge < -0.3 is 35.8 Å². The van der Waals surface area contributed by atoms with Gasteiger partial charge >= 0.3 is 12.1 Å². The predicted molar refractivity (Wildman–Crippen MR) is 183 cm³/mol. The van der Waals surface area contributed by atoms with Crippen molar-refractivity contribution in [2.24, 2.45) is 5.73 Å². The number of nitrogens with one attached hydrogen (secondary N) is 1. The normalized spacial score (nSPS) is 20.8. The summed E-state index contributed by atoms with van der Waals surface area (Å²) in [7, 11) is 2.20. The molecule has 12 heteroatoms. The highest BCUT2D eigenvalue weighted by Crippen LogP contribution is 2.27. The molecule has 0 radical (unpaired) electrons. The molecule has 2 aromatic carbocycles. The maximum Gasteiger partial charge on any atom is 0.407 e. The van der Waals surface area contributed by atoms with E-state index in [9.17, 15) is 14.4 Å². The van der Waals surface area contributed by atoms with E-state index in [4.69, 9.17) is 10.8 Å². The number of carbonyl (C=O) groups is 3. The second kappa shape index (κ2) is 15.6. The molecule has 3 fully saturated rings. The van der Waals surface area contributed by atoms with Gasteiger partial charge in [0.25, 0.3) is 0 Å². The van der Waals surface area contributed by atoms with Gasteiger partial charge in [0.15, 0.2) is 0 Å². The van der Waals surface area contributed by atoms with Gasteiger partial charge in [-0.1, -0.05) is 46.3 Å². The number of hydrogen-bond donors (Lipinski definition) is 3. The third-order valence-electron chi connectivity index (χ3n) is 9.86. The molecule has 0 bridgehead atoms. The SMILES string of the molecule is Cc1cc(CC(N)C(=O)N2CCN(C3CCN(C)CC3)CC2)ccc1Br.O=C(O)N1CCC(N2Cc3ccccc3NC2=O)CC1. The number of nitrogens with zero attached hydrogens (tertiary/aromatic N) is 5. The van der Waals surface area contributed by atoms with E-state index in [1.54, 1.807) is 0 Å². The molecule has 250 valence electrons. The molecule has 6 rings (SSSR count). The van der Waals surface area contributed by atoms with Crippen molar-refractivity contribution >= 4 is 39.6 Å². The summed E-state index contributed by atoms with van der Waals surface area (Å²) in [5.41, 5.74) is 10.5. The van der Waals surface area contributed by atoms with Crippen LogP contribution in [0.1, 0.15) is 42.4 Å². The zero-order valence-corrected chi connectivity index (χ0v) is 28.6. The average molecular weight is 699 g/mol. The lowest BCUT2D eigenvalue weighted by molar-refractivity contribution is -0.134. The number of halogens is 1. The summed E-state index contributed by atoms with van der Waals surface area (Å²) >= 11 is 3.51. The lowest BCUT2D eigenvalue weighted by Crippen LogP contribution is -2.56. The molecule has 46 heavy (non-hydrogen) atoms. The van der Waals surface area contributed by atoms with Crippen molar-refractivity contribution in [3.63, 3.8) is 0 Å². The molecule has 4 aliphatic heterocycles. The molecule has 0 saturated carbocycles. The van der Waals surface area contributed by atoms with Crippen LogP contribution in [0.5, 0.6) is 0 Å². The Bertz CT molecular complexity index is 1370. The van der Waals surface area contributed by atoms with Crippen molar-refractivity contribution in [1.29, 1.82) is 0 Å². The number of benzene rings is 2. The summed E-state index contributed by atoms with van der Waals surface area (Å²) in [6.45, 7) is 9.56. The molecule has 1 atom stereocenters. The number of likely N-dealkylation sites (tertiary alicyclic amines) is 2. The number of carbonyl (C=O) groups excluding carboxylic acids is 2. The molecule has 2 aromatic rings. The summed E-state index contributed by atoms with van der Waals surface area (Å²) in [4.78, 5) is 46.0. The molecule has 4 N–H and O–H groups in total. The summed E-state index contributed by atoms with van der Waals surface area (Å²) in [6.07, 6.45) is 3.60. The van der Waals surface area contributed by atoms with Gasteiger partial charge in [-0.15, -0.1) is 0 Å². The minimum atomic E-state index is -0.878. The fourth-order valence-electron chi connectivity index (χ4n) is 6.96. The lowest BCUT2D eigenvalue weighted by atomic mass is 10.0. The van der Waals surface area contributed by atoms with Gasteiger partial charge in [-0.05, 0) is 88.0 Å². The fourth-order valence-corrected chi connectivity index (χ4v) is 7.21. The molecule has 4 heterocycles. The molecule has 11 nitrogen and oxygen atoms in total. The van der Waals surface area contributed by atoms with Gasteiger partial charge in [0.05, 0.1) is 6.04 Å². The molecular weight excluding hydrogens is 650 g/mol. The van der Waals surface area contributed by atoms with Crippen molar-refractivity contribution in [1.82, 2.24) is 24.5 Å². The van der Waals surface area contributed by atoms with E-state index in [1.165, 1.54) is 36.4 Å². The van der Waals surface area contributed by atoms with Crippen LogP contribution < -0.4 is 11.1 Å². The van der Waals surface area contributed by atoms with Crippen molar-refractivity contribution in [2.75, 3.05) is 64.7 Å². The fraction of sp³-hybridized carbons (Fsp3) is 0.559. The average Bonchev–Trinajstić information content (AvgIpc) is 3.06. The number of aryl methyl sites for hydroxylation is 1. The molecular formula is C34H48BrN7O4. The molecule has 0 aromatic heterocycles. The first kappa shape index (κ1) is 34.2. The van der Waals surface area contributed by atoms with Gasteiger partial charge in [-0.3, -0.25) is 9.69 Å². The van der Waals surface area contributed by atoms with E-state index in [0.717, 1.165) is 47.5 Å².